The van der Waals surface area contributed by atoms with Gasteiger partial charge >= 0.3 is 0 Å². The number of nitrogens with two attached hydrogens (primary N) is 1. The van der Waals surface area contributed by atoms with E-state index in [0.29, 0.717) is 12.6 Å². The van der Waals surface area contributed by atoms with Crippen LogP contribution < -0.4 is 11.3 Å². The van der Waals surface area contributed by atoms with Crippen molar-refractivity contribution < 1.29 is 0 Å². The summed E-state index contributed by atoms with van der Waals surface area (Å²) in [6.45, 7) is 2.46. The van der Waals surface area contributed by atoms with Crippen LogP contribution in [0.15, 0.2) is 22.4 Å². The van der Waals surface area contributed by atoms with E-state index in [9.17, 15) is 4.79 Å². The molecule has 102 valence electrons. The molecule has 1 fully saturated rings. The van der Waals surface area contributed by atoms with Gasteiger partial charge in [0.05, 0.1) is 5.69 Å². The minimum absolute atomic E-state index is 0.00237. The van der Waals surface area contributed by atoms with Gasteiger partial charge in [-0.1, -0.05) is 6.42 Å². The van der Waals surface area contributed by atoms with Crippen LogP contribution in [0.5, 0.6) is 0 Å². The fourth-order valence-corrected chi connectivity index (χ4v) is 3.45. The number of piperidine rings is 1. The fraction of sp³-hybridized carbons (Fsp3) is 0.538. The molecular formula is C13H18N4OS. The predicted octanol–water partition coefficient (Wildman–Crippen LogP) is 1.07. The Kier molecular flexibility index (Phi) is 3.63. The van der Waals surface area contributed by atoms with Gasteiger partial charge in [-0.15, -0.1) is 11.3 Å². The Morgan fingerprint density at radius 3 is 3.21 bits per heavy atom. The lowest BCUT2D eigenvalue weighted by Gasteiger charge is -2.34. The summed E-state index contributed by atoms with van der Waals surface area (Å²) in [7, 11) is 0. The number of fused-ring (bicyclic) bond motifs is 1. The lowest BCUT2D eigenvalue weighted by Crippen LogP contribution is -2.43. The third-order valence-electron chi connectivity index (χ3n) is 3.74. The van der Waals surface area contributed by atoms with Gasteiger partial charge in [0.2, 0.25) is 0 Å². The summed E-state index contributed by atoms with van der Waals surface area (Å²) in [5.74, 6) is 0. The van der Waals surface area contributed by atoms with Crippen molar-refractivity contribution in [1.82, 2.24) is 14.3 Å². The minimum Gasteiger partial charge on any atom is -0.329 e. The van der Waals surface area contributed by atoms with E-state index in [1.807, 2.05) is 5.38 Å². The monoisotopic (exact) mass is 278 g/mol. The van der Waals surface area contributed by atoms with E-state index in [4.69, 9.17) is 5.73 Å². The van der Waals surface area contributed by atoms with Gasteiger partial charge in [-0.05, 0) is 19.4 Å². The van der Waals surface area contributed by atoms with E-state index >= 15 is 0 Å². The quantitative estimate of drug-likeness (QED) is 0.912. The van der Waals surface area contributed by atoms with Crippen LogP contribution in [0.3, 0.4) is 0 Å². The number of aromatic nitrogens is 2. The van der Waals surface area contributed by atoms with Crippen LogP contribution in [0.4, 0.5) is 0 Å². The SMILES string of the molecule is NCC1CCCCN1Cc1cc(=O)n2ccsc2n1. The largest absolute Gasteiger partial charge is 0.329 e. The molecule has 0 amide bonds. The Hall–Kier alpha value is -1.24. The summed E-state index contributed by atoms with van der Waals surface area (Å²) < 4.78 is 1.59. The zero-order chi connectivity index (χ0) is 13.2. The third-order valence-corrected chi connectivity index (χ3v) is 4.50. The lowest BCUT2D eigenvalue weighted by molar-refractivity contribution is 0.143. The van der Waals surface area contributed by atoms with E-state index in [0.717, 1.165) is 30.2 Å². The van der Waals surface area contributed by atoms with Gasteiger partial charge in [-0.25, -0.2) is 4.98 Å². The molecule has 0 aliphatic carbocycles. The van der Waals surface area contributed by atoms with Gasteiger partial charge in [-0.2, -0.15) is 0 Å². The zero-order valence-electron chi connectivity index (χ0n) is 10.8. The van der Waals surface area contributed by atoms with Crippen molar-refractivity contribution in [3.8, 4) is 0 Å². The van der Waals surface area contributed by atoms with Crippen molar-refractivity contribution in [3.05, 3.63) is 33.7 Å². The normalized spacial score (nSPS) is 21.0. The van der Waals surface area contributed by atoms with Gasteiger partial charge in [0.1, 0.15) is 0 Å². The molecule has 6 heteroatoms. The summed E-state index contributed by atoms with van der Waals surface area (Å²) in [4.78, 5) is 19.6. The molecule has 0 aromatic carbocycles. The van der Waals surface area contributed by atoms with Crippen LogP contribution >= 0.6 is 11.3 Å². The number of hydrogen-bond acceptors (Lipinski definition) is 5. The van der Waals surface area contributed by atoms with Crippen LogP contribution in [0.1, 0.15) is 25.0 Å². The molecule has 1 atom stereocenters. The molecule has 3 heterocycles. The fourth-order valence-electron chi connectivity index (χ4n) is 2.71. The van der Waals surface area contributed by atoms with Crippen molar-refractivity contribution in [1.29, 1.82) is 0 Å². The topological polar surface area (TPSA) is 63.6 Å². The maximum atomic E-state index is 11.9. The minimum atomic E-state index is 0.00237. The molecule has 0 spiro atoms. The number of nitrogens with zero attached hydrogens (tertiary/aromatic N) is 3. The second kappa shape index (κ2) is 5.40. The zero-order valence-corrected chi connectivity index (χ0v) is 11.6. The standard InChI is InChI=1S/C13H18N4OS/c14-8-11-3-1-2-4-16(11)9-10-7-12(18)17-5-6-19-13(17)15-10/h5-7,11H,1-4,8-9,14H2. The molecule has 5 nitrogen and oxygen atoms in total. The Balaban J connectivity index is 1.85. The van der Waals surface area contributed by atoms with Gasteiger partial charge in [0.15, 0.2) is 4.96 Å². The molecule has 0 bridgehead atoms. The summed E-state index contributed by atoms with van der Waals surface area (Å²) in [5.41, 5.74) is 6.68. The smallest absolute Gasteiger partial charge is 0.258 e. The molecule has 19 heavy (non-hydrogen) atoms. The van der Waals surface area contributed by atoms with Crippen molar-refractivity contribution in [2.75, 3.05) is 13.1 Å². The first-order valence-corrected chi connectivity index (χ1v) is 7.56. The Morgan fingerprint density at radius 1 is 1.47 bits per heavy atom. The second-order valence-electron chi connectivity index (χ2n) is 5.00. The van der Waals surface area contributed by atoms with Crippen LogP contribution in [0.2, 0.25) is 0 Å². The van der Waals surface area contributed by atoms with Gasteiger partial charge in [-0.3, -0.25) is 14.1 Å². The molecule has 0 saturated carbocycles. The van der Waals surface area contributed by atoms with Gasteiger partial charge < -0.3 is 5.73 Å². The first-order valence-electron chi connectivity index (χ1n) is 6.68. The highest BCUT2D eigenvalue weighted by molar-refractivity contribution is 7.15. The number of thiazole rings is 1. The highest BCUT2D eigenvalue weighted by Crippen LogP contribution is 2.18. The highest BCUT2D eigenvalue weighted by Gasteiger charge is 2.21. The Bertz CT molecular complexity index is 620. The maximum Gasteiger partial charge on any atom is 0.258 e. The molecule has 1 unspecified atom stereocenters. The van der Waals surface area contributed by atoms with E-state index in [2.05, 4.69) is 9.88 Å². The third kappa shape index (κ3) is 2.56. The summed E-state index contributed by atoms with van der Waals surface area (Å²) in [5, 5.41) is 1.89. The molecule has 1 aliphatic heterocycles. The van der Waals surface area contributed by atoms with Gasteiger partial charge in [0.25, 0.3) is 5.56 Å². The van der Waals surface area contributed by atoms with Crippen LogP contribution in [-0.2, 0) is 6.54 Å². The summed E-state index contributed by atoms with van der Waals surface area (Å²) in [6.07, 6.45) is 5.37. The maximum absolute atomic E-state index is 11.9. The van der Waals surface area contributed by atoms with E-state index < -0.39 is 0 Å². The molecular weight excluding hydrogens is 260 g/mol. The van der Waals surface area contributed by atoms with Crippen molar-refractivity contribution in [2.24, 2.45) is 5.73 Å². The highest BCUT2D eigenvalue weighted by atomic mass is 32.1. The van der Waals surface area contributed by atoms with Crippen LogP contribution in [0.25, 0.3) is 4.96 Å². The van der Waals surface area contributed by atoms with Crippen LogP contribution in [-0.4, -0.2) is 33.4 Å². The molecule has 3 rings (SSSR count). The molecule has 1 saturated heterocycles. The van der Waals surface area contributed by atoms with E-state index in [-0.39, 0.29) is 5.56 Å². The Labute approximate surface area is 115 Å². The number of likely N-dealkylation sites (tertiary alicyclic amines) is 1. The molecule has 1 aliphatic rings. The summed E-state index contributed by atoms with van der Waals surface area (Å²) in [6, 6.07) is 2.07. The first kappa shape index (κ1) is 12.8. The average molecular weight is 278 g/mol. The van der Waals surface area contributed by atoms with E-state index in [1.54, 1.807) is 16.7 Å². The molecule has 2 aromatic rings. The van der Waals surface area contributed by atoms with Crippen molar-refractivity contribution in [2.45, 2.75) is 31.8 Å². The summed E-state index contributed by atoms with van der Waals surface area (Å²) >= 11 is 1.49. The average Bonchev–Trinajstić information content (AvgIpc) is 2.88. The second-order valence-corrected chi connectivity index (χ2v) is 5.87. The van der Waals surface area contributed by atoms with Crippen LogP contribution in [0, 0.1) is 0 Å². The first-order chi connectivity index (χ1) is 9.28. The lowest BCUT2D eigenvalue weighted by atomic mass is 10.0. The molecule has 0 radical (unpaired) electrons. The van der Waals surface area contributed by atoms with Crippen molar-refractivity contribution >= 4 is 16.3 Å². The molecule has 2 aromatic heterocycles. The van der Waals surface area contributed by atoms with Gasteiger partial charge in [0, 0.05) is 36.8 Å². The molecule has 2 N–H and O–H groups in total. The van der Waals surface area contributed by atoms with Crippen molar-refractivity contribution in [3.63, 3.8) is 0 Å². The number of rotatable bonds is 3. The predicted molar refractivity (Wildman–Crippen MR) is 76.4 cm³/mol. The van der Waals surface area contributed by atoms with E-state index in [1.165, 1.54) is 24.2 Å². The number of hydrogen-bond donors (Lipinski definition) is 1. The Morgan fingerprint density at radius 2 is 2.37 bits per heavy atom.